The summed E-state index contributed by atoms with van der Waals surface area (Å²) in [4.78, 5) is 12.4. The smallest absolute Gasteiger partial charge is 0.184 e. The molecule has 4 aromatic carbocycles. The van der Waals surface area contributed by atoms with Crippen LogP contribution in [0.3, 0.4) is 0 Å². The number of morpholine rings is 1. The highest BCUT2D eigenvalue weighted by Gasteiger charge is 2.40. The summed E-state index contributed by atoms with van der Waals surface area (Å²) in [6.45, 7) is 3.67. The summed E-state index contributed by atoms with van der Waals surface area (Å²) < 4.78 is 32.8. The van der Waals surface area contributed by atoms with Crippen molar-refractivity contribution in [2.45, 2.75) is 16.3 Å². The molecule has 0 unspecified atom stereocenters. The number of hydrogen-bond donors (Lipinski definition) is 0. The largest absolute Gasteiger partial charge is 0.379 e. The quantitative estimate of drug-likeness (QED) is 0.146. The molecule has 0 saturated carbocycles. The van der Waals surface area contributed by atoms with Crippen LogP contribution in [0.1, 0.15) is 22.4 Å². The Morgan fingerprint density at radius 3 is 1.98 bits per heavy atom. The molecule has 1 aliphatic heterocycles. The van der Waals surface area contributed by atoms with Crippen molar-refractivity contribution in [3.63, 3.8) is 0 Å². The lowest BCUT2D eigenvalue weighted by Crippen LogP contribution is -2.39. The molecule has 7 aromatic rings. The first kappa shape index (κ1) is 32.2. The molecule has 0 N–H and O–H groups in total. The van der Waals surface area contributed by atoms with E-state index in [-0.39, 0.29) is 0 Å². The van der Waals surface area contributed by atoms with E-state index >= 15 is 0 Å². The Morgan fingerprint density at radius 1 is 0.780 bits per heavy atom. The van der Waals surface area contributed by atoms with E-state index in [1.54, 1.807) is 6.07 Å². The van der Waals surface area contributed by atoms with Crippen molar-refractivity contribution >= 4 is 32.1 Å². The van der Waals surface area contributed by atoms with Gasteiger partial charge in [0.05, 0.1) is 35.0 Å². The molecule has 4 heterocycles. The van der Waals surface area contributed by atoms with E-state index in [0.717, 1.165) is 62.4 Å². The number of benzene rings is 4. The normalized spacial score (nSPS) is 14.3. The Hall–Kier alpha value is -5.00. The van der Waals surface area contributed by atoms with Crippen molar-refractivity contribution in [1.82, 2.24) is 24.6 Å². The van der Waals surface area contributed by atoms with Crippen molar-refractivity contribution in [2.24, 2.45) is 0 Å². The van der Waals surface area contributed by atoms with Gasteiger partial charge in [0, 0.05) is 43.0 Å². The van der Waals surface area contributed by atoms with E-state index in [0.29, 0.717) is 29.7 Å². The molecule has 0 bridgehead atoms. The maximum Gasteiger partial charge on any atom is 0.184 e. The van der Waals surface area contributed by atoms with Crippen molar-refractivity contribution in [1.29, 1.82) is 0 Å². The predicted octanol–water partition coefficient (Wildman–Crippen LogP) is 7.30. The van der Waals surface area contributed by atoms with Gasteiger partial charge in [-0.3, -0.25) is 9.58 Å². The molecule has 50 heavy (non-hydrogen) atoms. The van der Waals surface area contributed by atoms with E-state index in [9.17, 15) is 8.42 Å². The average Bonchev–Trinajstić information content (AvgIpc) is 3.82. The number of thiophene rings is 1. The van der Waals surface area contributed by atoms with Crippen LogP contribution in [-0.2, 0) is 26.7 Å². The fourth-order valence-corrected chi connectivity index (χ4v) is 8.85. The molecule has 0 aliphatic carbocycles. The zero-order chi connectivity index (χ0) is 34.1. The van der Waals surface area contributed by atoms with Crippen LogP contribution in [0, 0.1) is 0 Å². The highest BCUT2D eigenvalue weighted by atomic mass is 32.2. The molecule has 250 valence electrons. The number of aromatic nitrogens is 4. The van der Waals surface area contributed by atoms with E-state index in [4.69, 9.17) is 9.84 Å². The van der Waals surface area contributed by atoms with Crippen LogP contribution in [0.2, 0.25) is 0 Å². The van der Waals surface area contributed by atoms with E-state index in [1.165, 1.54) is 23.9 Å². The second-order valence-corrected chi connectivity index (χ2v) is 15.8. The standard InChI is InChI=1S/C40H35N5O3S2/c1-50(46,47)38-20-19-37(49-38)39-33-25-29(17-18-35(33)41-28-42-39)34-26-45(43-36(34)27-44-21-23-48-24-22-44)40(30-11-5-2-6-12-30,31-13-7-3-8-14-31)32-15-9-4-10-16-32/h2-20,25-26,28H,21-24,27H2,1H3. The van der Waals surface area contributed by atoms with Gasteiger partial charge in [0.2, 0.25) is 0 Å². The predicted molar refractivity (Wildman–Crippen MR) is 198 cm³/mol. The van der Waals surface area contributed by atoms with Gasteiger partial charge >= 0.3 is 0 Å². The zero-order valence-electron chi connectivity index (χ0n) is 27.5. The van der Waals surface area contributed by atoms with Crippen LogP contribution in [-0.4, -0.2) is 65.6 Å². The molecule has 1 fully saturated rings. The van der Waals surface area contributed by atoms with Gasteiger partial charge in [0.1, 0.15) is 16.1 Å². The minimum Gasteiger partial charge on any atom is -0.379 e. The Labute approximate surface area is 295 Å². The maximum absolute atomic E-state index is 12.3. The fourth-order valence-electron chi connectivity index (χ4n) is 6.91. The van der Waals surface area contributed by atoms with Crippen molar-refractivity contribution in [3.05, 3.63) is 156 Å². The molecule has 1 saturated heterocycles. The summed E-state index contributed by atoms with van der Waals surface area (Å²) in [5.74, 6) is 0. The van der Waals surface area contributed by atoms with Crippen molar-refractivity contribution in [2.75, 3.05) is 32.6 Å². The van der Waals surface area contributed by atoms with Crippen molar-refractivity contribution < 1.29 is 13.2 Å². The van der Waals surface area contributed by atoms with Crippen LogP contribution < -0.4 is 0 Å². The molecular formula is C40H35N5O3S2. The topological polar surface area (TPSA) is 90.2 Å². The highest BCUT2D eigenvalue weighted by Crippen LogP contribution is 2.42. The summed E-state index contributed by atoms with van der Waals surface area (Å²) in [5.41, 5.74) is 6.93. The van der Waals surface area contributed by atoms with Gasteiger partial charge < -0.3 is 4.74 Å². The number of fused-ring (bicyclic) bond motifs is 1. The third-order valence-corrected chi connectivity index (χ3v) is 12.2. The molecule has 8 nitrogen and oxygen atoms in total. The summed E-state index contributed by atoms with van der Waals surface area (Å²) in [6, 6.07) is 41.4. The van der Waals surface area contributed by atoms with E-state index in [2.05, 4.69) is 111 Å². The number of rotatable bonds is 9. The summed E-state index contributed by atoms with van der Waals surface area (Å²) in [7, 11) is -3.34. The van der Waals surface area contributed by atoms with Crippen LogP contribution in [0.5, 0.6) is 0 Å². The third kappa shape index (κ3) is 5.94. The minimum absolute atomic E-state index is 0.309. The first-order valence-electron chi connectivity index (χ1n) is 16.5. The number of sulfone groups is 1. The van der Waals surface area contributed by atoms with Gasteiger partial charge in [-0.05, 0) is 46.5 Å². The van der Waals surface area contributed by atoms with Gasteiger partial charge in [0.25, 0.3) is 0 Å². The second-order valence-electron chi connectivity index (χ2n) is 12.5. The zero-order valence-corrected chi connectivity index (χ0v) is 29.1. The molecular weight excluding hydrogens is 663 g/mol. The minimum atomic E-state index is -3.34. The first-order chi connectivity index (χ1) is 24.4. The Morgan fingerprint density at radius 2 is 1.40 bits per heavy atom. The summed E-state index contributed by atoms with van der Waals surface area (Å²) in [6.07, 6.45) is 4.94. The highest BCUT2D eigenvalue weighted by molar-refractivity contribution is 7.92. The molecule has 3 aromatic heterocycles. The van der Waals surface area contributed by atoms with Crippen LogP contribution in [0.15, 0.2) is 138 Å². The molecule has 0 amide bonds. The SMILES string of the molecule is CS(=O)(=O)c1ccc(-c2ncnc3ccc(-c4cn(C(c5ccccc5)(c5ccccc5)c5ccccc5)nc4CN4CCOCC4)cc23)s1. The molecule has 8 rings (SSSR count). The van der Waals surface area contributed by atoms with E-state index < -0.39 is 15.4 Å². The Kier molecular flexibility index (Phi) is 8.62. The van der Waals surface area contributed by atoms with E-state index in [1.807, 2.05) is 30.3 Å². The van der Waals surface area contributed by atoms with Gasteiger partial charge in [-0.2, -0.15) is 5.10 Å². The van der Waals surface area contributed by atoms with Gasteiger partial charge in [-0.15, -0.1) is 11.3 Å². The number of ether oxygens (including phenoxy) is 1. The first-order valence-corrected chi connectivity index (χ1v) is 19.2. The monoisotopic (exact) mass is 697 g/mol. The molecule has 0 spiro atoms. The number of hydrogen-bond acceptors (Lipinski definition) is 8. The lowest BCUT2D eigenvalue weighted by molar-refractivity contribution is 0.0336. The molecule has 0 radical (unpaired) electrons. The molecule has 0 atom stereocenters. The van der Waals surface area contributed by atoms with Crippen molar-refractivity contribution in [3.8, 4) is 21.7 Å². The summed E-state index contributed by atoms with van der Waals surface area (Å²) in [5, 5.41) is 6.36. The molecule has 1 aliphatic rings. The Balaban J connectivity index is 1.37. The number of nitrogens with zero attached hydrogens (tertiary/aromatic N) is 5. The lowest BCUT2D eigenvalue weighted by Gasteiger charge is -2.36. The summed E-state index contributed by atoms with van der Waals surface area (Å²) >= 11 is 1.22. The Bertz CT molecular complexity index is 2270. The van der Waals surface area contributed by atoms with Crippen LogP contribution in [0.25, 0.3) is 32.6 Å². The lowest BCUT2D eigenvalue weighted by atomic mass is 9.77. The van der Waals surface area contributed by atoms with Gasteiger partial charge in [-0.25, -0.2) is 18.4 Å². The fraction of sp³-hybridized carbons (Fsp3) is 0.175. The van der Waals surface area contributed by atoms with Gasteiger partial charge in [0.15, 0.2) is 9.84 Å². The maximum atomic E-state index is 12.3. The van der Waals surface area contributed by atoms with Gasteiger partial charge in [-0.1, -0.05) is 97.1 Å². The third-order valence-electron chi connectivity index (χ3n) is 9.31. The van der Waals surface area contributed by atoms with Crippen LogP contribution in [0.4, 0.5) is 0 Å². The average molecular weight is 698 g/mol. The second kappa shape index (κ2) is 13.4. The van der Waals surface area contributed by atoms with Crippen LogP contribution >= 0.6 is 11.3 Å². The molecule has 10 heteroatoms.